The number of carbonyl (C=O) groups excluding carboxylic acids is 1. The van der Waals surface area contributed by atoms with E-state index in [9.17, 15) is 9.18 Å². The molecule has 0 unspecified atom stereocenters. The van der Waals surface area contributed by atoms with Gasteiger partial charge in [0.05, 0.1) is 10.6 Å². The minimum atomic E-state index is -0.421. The summed E-state index contributed by atoms with van der Waals surface area (Å²) in [5.41, 5.74) is 0.382. The molecule has 0 saturated carbocycles. The van der Waals surface area contributed by atoms with Crippen LogP contribution in [0.2, 0.25) is 5.02 Å². The SMILES string of the molecule is O=C(c1ccc(F)cc1Cl)N1CCC1. The van der Waals surface area contributed by atoms with E-state index in [-0.39, 0.29) is 10.9 Å². The molecule has 0 N–H and O–H groups in total. The van der Waals surface area contributed by atoms with Crippen LogP contribution in [0.1, 0.15) is 16.8 Å². The van der Waals surface area contributed by atoms with Gasteiger partial charge in [-0.05, 0) is 24.6 Å². The molecule has 14 heavy (non-hydrogen) atoms. The molecular weight excluding hydrogens is 205 g/mol. The number of rotatable bonds is 1. The number of nitrogens with zero attached hydrogens (tertiary/aromatic N) is 1. The third-order valence-electron chi connectivity index (χ3n) is 2.30. The molecule has 74 valence electrons. The average Bonchev–Trinajstić information content (AvgIpc) is 2.00. The van der Waals surface area contributed by atoms with Gasteiger partial charge in [-0.1, -0.05) is 11.6 Å². The summed E-state index contributed by atoms with van der Waals surface area (Å²) in [4.78, 5) is 13.4. The molecule has 0 bridgehead atoms. The quantitative estimate of drug-likeness (QED) is 0.701. The molecule has 2 rings (SSSR count). The molecule has 0 atom stereocenters. The zero-order valence-corrected chi connectivity index (χ0v) is 8.22. The van der Waals surface area contributed by atoms with Gasteiger partial charge in [0.15, 0.2) is 0 Å². The first-order chi connectivity index (χ1) is 6.68. The maximum Gasteiger partial charge on any atom is 0.255 e. The molecule has 1 saturated heterocycles. The summed E-state index contributed by atoms with van der Waals surface area (Å²) in [6, 6.07) is 3.84. The van der Waals surface area contributed by atoms with Crippen molar-refractivity contribution < 1.29 is 9.18 Å². The Morgan fingerprint density at radius 3 is 2.64 bits per heavy atom. The number of hydrogen-bond acceptors (Lipinski definition) is 1. The number of halogens is 2. The zero-order valence-electron chi connectivity index (χ0n) is 7.46. The van der Waals surface area contributed by atoms with E-state index in [1.807, 2.05) is 0 Å². The van der Waals surface area contributed by atoms with Crippen molar-refractivity contribution in [2.75, 3.05) is 13.1 Å². The fourth-order valence-electron chi connectivity index (χ4n) is 1.35. The van der Waals surface area contributed by atoms with E-state index in [0.717, 1.165) is 25.6 Å². The van der Waals surface area contributed by atoms with Gasteiger partial charge in [-0.25, -0.2) is 4.39 Å². The van der Waals surface area contributed by atoms with E-state index >= 15 is 0 Å². The minimum Gasteiger partial charge on any atom is -0.338 e. The smallest absolute Gasteiger partial charge is 0.255 e. The van der Waals surface area contributed by atoms with Crippen LogP contribution in [0.25, 0.3) is 0 Å². The summed E-state index contributed by atoms with van der Waals surface area (Å²) >= 11 is 5.76. The van der Waals surface area contributed by atoms with Gasteiger partial charge in [0.25, 0.3) is 5.91 Å². The standard InChI is InChI=1S/C10H9ClFNO/c11-9-6-7(12)2-3-8(9)10(14)13-4-1-5-13/h2-3,6H,1,4-5H2. The fourth-order valence-corrected chi connectivity index (χ4v) is 1.60. The largest absolute Gasteiger partial charge is 0.338 e. The van der Waals surface area contributed by atoms with Crippen molar-refractivity contribution in [3.05, 3.63) is 34.6 Å². The second-order valence-corrected chi connectivity index (χ2v) is 3.68. The Hall–Kier alpha value is -1.09. The van der Waals surface area contributed by atoms with E-state index in [0.29, 0.717) is 5.56 Å². The number of hydrogen-bond donors (Lipinski definition) is 0. The first-order valence-electron chi connectivity index (χ1n) is 4.43. The van der Waals surface area contributed by atoms with E-state index in [2.05, 4.69) is 0 Å². The summed E-state index contributed by atoms with van der Waals surface area (Å²) in [7, 11) is 0. The average molecular weight is 214 g/mol. The van der Waals surface area contributed by atoms with Crippen LogP contribution >= 0.6 is 11.6 Å². The third-order valence-corrected chi connectivity index (χ3v) is 2.62. The van der Waals surface area contributed by atoms with E-state index in [1.54, 1.807) is 4.90 Å². The lowest BCUT2D eigenvalue weighted by Gasteiger charge is -2.31. The molecule has 0 aromatic heterocycles. The van der Waals surface area contributed by atoms with Crippen LogP contribution in [0.15, 0.2) is 18.2 Å². The summed E-state index contributed by atoms with van der Waals surface area (Å²) < 4.78 is 12.7. The van der Waals surface area contributed by atoms with Crippen LogP contribution in [-0.4, -0.2) is 23.9 Å². The maximum atomic E-state index is 12.7. The predicted molar refractivity (Wildman–Crippen MR) is 51.9 cm³/mol. The molecule has 1 aliphatic rings. The highest BCUT2D eigenvalue weighted by Crippen LogP contribution is 2.21. The lowest BCUT2D eigenvalue weighted by molar-refractivity contribution is 0.0652. The van der Waals surface area contributed by atoms with Crippen molar-refractivity contribution in [1.82, 2.24) is 4.90 Å². The number of amides is 1. The molecule has 2 nitrogen and oxygen atoms in total. The Kier molecular flexibility index (Phi) is 2.42. The summed E-state index contributed by atoms with van der Waals surface area (Å²) in [5, 5.41) is 0.182. The first kappa shape index (κ1) is 9.46. The molecular formula is C10H9ClFNO. The highest BCUT2D eigenvalue weighted by atomic mass is 35.5. The minimum absolute atomic E-state index is 0.110. The van der Waals surface area contributed by atoms with E-state index < -0.39 is 5.82 Å². The summed E-state index contributed by atoms with van der Waals surface area (Å²) in [5.74, 6) is -0.531. The monoisotopic (exact) mass is 213 g/mol. The Bertz CT molecular complexity index is 376. The van der Waals surface area contributed by atoms with Crippen LogP contribution in [0.4, 0.5) is 4.39 Å². The molecule has 0 spiro atoms. The molecule has 0 aliphatic carbocycles. The molecule has 1 heterocycles. The van der Waals surface area contributed by atoms with Gasteiger partial charge in [-0.15, -0.1) is 0 Å². The molecule has 0 radical (unpaired) electrons. The highest BCUT2D eigenvalue weighted by Gasteiger charge is 2.23. The van der Waals surface area contributed by atoms with E-state index in [4.69, 9.17) is 11.6 Å². The predicted octanol–water partition coefficient (Wildman–Crippen LogP) is 2.33. The molecule has 1 amide bonds. The Labute approximate surface area is 86.3 Å². The summed E-state index contributed by atoms with van der Waals surface area (Å²) in [6.45, 7) is 1.54. The second-order valence-electron chi connectivity index (χ2n) is 3.27. The number of likely N-dealkylation sites (tertiary alicyclic amines) is 1. The van der Waals surface area contributed by atoms with Crippen molar-refractivity contribution in [1.29, 1.82) is 0 Å². The van der Waals surface area contributed by atoms with Crippen LogP contribution in [0, 0.1) is 5.82 Å². The van der Waals surface area contributed by atoms with Gasteiger partial charge < -0.3 is 4.90 Å². The lowest BCUT2D eigenvalue weighted by atomic mass is 10.1. The van der Waals surface area contributed by atoms with Crippen molar-refractivity contribution in [3.63, 3.8) is 0 Å². The molecule has 1 fully saturated rings. The molecule has 1 aromatic rings. The van der Waals surface area contributed by atoms with Crippen LogP contribution in [0.3, 0.4) is 0 Å². The summed E-state index contributed by atoms with van der Waals surface area (Å²) in [6.07, 6.45) is 1.03. The molecule has 1 aromatic carbocycles. The molecule has 4 heteroatoms. The van der Waals surface area contributed by atoms with Gasteiger partial charge in [0, 0.05) is 13.1 Å². The normalized spacial score (nSPS) is 15.1. The van der Waals surface area contributed by atoms with Gasteiger partial charge >= 0.3 is 0 Å². The van der Waals surface area contributed by atoms with Gasteiger partial charge in [0.1, 0.15) is 5.82 Å². The Balaban J connectivity index is 2.26. The fraction of sp³-hybridized carbons (Fsp3) is 0.300. The van der Waals surface area contributed by atoms with Gasteiger partial charge in [-0.2, -0.15) is 0 Å². The second kappa shape index (κ2) is 3.58. The first-order valence-corrected chi connectivity index (χ1v) is 4.80. The number of carbonyl (C=O) groups is 1. The van der Waals surface area contributed by atoms with Crippen LogP contribution in [-0.2, 0) is 0 Å². The maximum absolute atomic E-state index is 12.7. The van der Waals surface area contributed by atoms with Crippen LogP contribution in [0.5, 0.6) is 0 Å². The van der Waals surface area contributed by atoms with Crippen LogP contribution < -0.4 is 0 Å². The van der Waals surface area contributed by atoms with Gasteiger partial charge in [-0.3, -0.25) is 4.79 Å². The van der Waals surface area contributed by atoms with Gasteiger partial charge in [0.2, 0.25) is 0 Å². The topological polar surface area (TPSA) is 20.3 Å². The lowest BCUT2D eigenvalue weighted by Crippen LogP contribution is -2.42. The van der Waals surface area contributed by atoms with Crippen molar-refractivity contribution >= 4 is 17.5 Å². The molecule has 1 aliphatic heterocycles. The highest BCUT2D eigenvalue weighted by molar-refractivity contribution is 6.33. The number of benzene rings is 1. The Morgan fingerprint density at radius 1 is 1.43 bits per heavy atom. The van der Waals surface area contributed by atoms with Crippen molar-refractivity contribution in [2.45, 2.75) is 6.42 Å². The third kappa shape index (κ3) is 1.60. The van der Waals surface area contributed by atoms with Crippen molar-refractivity contribution in [2.24, 2.45) is 0 Å². The van der Waals surface area contributed by atoms with Crippen molar-refractivity contribution in [3.8, 4) is 0 Å². The Morgan fingerprint density at radius 2 is 2.14 bits per heavy atom. The zero-order chi connectivity index (χ0) is 10.1. The van der Waals surface area contributed by atoms with E-state index in [1.165, 1.54) is 12.1 Å².